The quantitative estimate of drug-likeness (QED) is 0.686. The number of halogens is 1. The summed E-state index contributed by atoms with van der Waals surface area (Å²) in [6, 6.07) is 1.66. The standard InChI is InChI=1S/C11H11BrN2O2S/c1-16-11(15)7-4-8(12)9(13-5-7)14-10(17)6-2-3-6/h4-6H,2-3H2,1H3,(H,13,14,17). The Labute approximate surface area is 113 Å². The van der Waals surface area contributed by atoms with Crippen molar-refractivity contribution in [3.8, 4) is 0 Å². The Morgan fingerprint density at radius 1 is 1.65 bits per heavy atom. The zero-order chi connectivity index (χ0) is 12.4. The number of hydrogen-bond donors (Lipinski definition) is 1. The number of carbonyl (C=O) groups is 1. The van der Waals surface area contributed by atoms with Crippen LogP contribution in [-0.4, -0.2) is 23.1 Å². The number of esters is 1. The summed E-state index contributed by atoms with van der Waals surface area (Å²) in [4.78, 5) is 16.2. The first-order chi connectivity index (χ1) is 8.11. The second-order valence-electron chi connectivity index (χ2n) is 3.81. The molecule has 0 atom stereocenters. The van der Waals surface area contributed by atoms with E-state index in [1.54, 1.807) is 6.07 Å². The van der Waals surface area contributed by atoms with Crippen LogP contribution in [-0.2, 0) is 4.74 Å². The smallest absolute Gasteiger partial charge is 0.339 e. The van der Waals surface area contributed by atoms with E-state index in [0.29, 0.717) is 21.8 Å². The highest BCUT2D eigenvalue weighted by Gasteiger charge is 2.26. The number of thiocarbonyl (C=S) groups is 1. The summed E-state index contributed by atoms with van der Waals surface area (Å²) in [6.07, 6.45) is 3.75. The van der Waals surface area contributed by atoms with Crippen LogP contribution < -0.4 is 5.32 Å². The van der Waals surface area contributed by atoms with Gasteiger partial charge >= 0.3 is 5.97 Å². The van der Waals surface area contributed by atoms with Crippen LogP contribution in [0.2, 0.25) is 0 Å². The average Bonchev–Trinajstić information content (AvgIpc) is 3.14. The summed E-state index contributed by atoms with van der Waals surface area (Å²) in [5.41, 5.74) is 0.405. The SMILES string of the molecule is COC(=O)c1cnc(NC(=S)C2CC2)c(Br)c1. The van der Waals surface area contributed by atoms with Gasteiger partial charge < -0.3 is 10.1 Å². The van der Waals surface area contributed by atoms with E-state index in [1.807, 2.05) is 0 Å². The molecule has 1 heterocycles. The fourth-order valence-corrected chi connectivity index (χ4v) is 2.10. The van der Waals surface area contributed by atoms with Crippen LogP contribution in [0.25, 0.3) is 0 Å². The lowest BCUT2D eigenvalue weighted by Crippen LogP contribution is -2.13. The van der Waals surface area contributed by atoms with Crippen LogP contribution >= 0.6 is 28.1 Å². The Morgan fingerprint density at radius 3 is 2.88 bits per heavy atom. The fraction of sp³-hybridized carbons (Fsp3) is 0.364. The fourth-order valence-electron chi connectivity index (χ4n) is 1.32. The maximum Gasteiger partial charge on any atom is 0.339 e. The van der Waals surface area contributed by atoms with Crippen LogP contribution in [0.5, 0.6) is 0 Å². The molecule has 0 aromatic carbocycles. The highest BCUT2D eigenvalue weighted by molar-refractivity contribution is 9.10. The molecular formula is C11H11BrN2O2S. The van der Waals surface area contributed by atoms with Crippen molar-refractivity contribution < 1.29 is 9.53 Å². The number of anilines is 1. The van der Waals surface area contributed by atoms with Crippen molar-refractivity contribution in [3.63, 3.8) is 0 Å². The maximum absolute atomic E-state index is 11.3. The molecule has 0 radical (unpaired) electrons. The first-order valence-electron chi connectivity index (χ1n) is 5.16. The summed E-state index contributed by atoms with van der Waals surface area (Å²) in [5, 5.41) is 3.08. The van der Waals surface area contributed by atoms with Gasteiger partial charge in [0.25, 0.3) is 0 Å². The summed E-state index contributed by atoms with van der Waals surface area (Å²) >= 11 is 8.58. The third-order valence-electron chi connectivity index (χ3n) is 2.45. The van der Waals surface area contributed by atoms with Gasteiger partial charge in [0.15, 0.2) is 0 Å². The molecule has 1 aliphatic rings. The number of rotatable bonds is 3. The molecule has 1 saturated carbocycles. The zero-order valence-corrected chi connectivity index (χ0v) is 11.6. The van der Waals surface area contributed by atoms with Gasteiger partial charge in [-0.25, -0.2) is 9.78 Å². The van der Waals surface area contributed by atoms with E-state index in [-0.39, 0.29) is 0 Å². The van der Waals surface area contributed by atoms with Gasteiger partial charge in [-0.05, 0) is 34.8 Å². The molecule has 0 amide bonds. The monoisotopic (exact) mass is 314 g/mol. The maximum atomic E-state index is 11.3. The highest BCUT2D eigenvalue weighted by Crippen LogP contribution is 2.32. The van der Waals surface area contributed by atoms with Gasteiger partial charge in [0.05, 0.1) is 22.1 Å². The van der Waals surface area contributed by atoms with E-state index >= 15 is 0 Å². The number of nitrogens with zero attached hydrogens (tertiary/aromatic N) is 1. The average molecular weight is 315 g/mol. The number of hydrogen-bond acceptors (Lipinski definition) is 4. The summed E-state index contributed by atoms with van der Waals surface area (Å²) < 4.78 is 5.31. The van der Waals surface area contributed by atoms with Crippen LogP contribution in [0.15, 0.2) is 16.7 Å². The van der Waals surface area contributed by atoms with Crippen LogP contribution in [0, 0.1) is 5.92 Å². The van der Waals surface area contributed by atoms with Crippen LogP contribution in [0.1, 0.15) is 23.2 Å². The molecule has 2 rings (SSSR count). The minimum Gasteiger partial charge on any atom is -0.465 e. The lowest BCUT2D eigenvalue weighted by Gasteiger charge is -2.08. The Balaban J connectivity index is 2.13. The molecule has 1 N–H and O–H groups in total. The predicted molar refractivity (Wildman–Crippen MR) is 72.2 cm³/mol. The molecule has 90 valence electrons. The summed E-state index contributed by atoms with van der Waals surface area (Å²) in [6.45, 7) is 0. The zero-order valence-electron chi connectivity index (χ0n) is 9.20. The van der Waals surface area contributed by atoms with Crippen molar-refractivity contribution in [2.24, 2.45) is 5.92 Å². The third kappa shape index (κ3) is 3.01. The van der Waals surface area contributed by atoms with E-state index in [9.17, 15) is 4.79 Å². The summed E-state index contributed by atoms with van der Waals surface area (Å²) in [5.74, 6) is 0.711. The first-order valence-corrected chi connectivity index (χ1v) is 6.36. The molecular weight excluding hydrogens is 304 g/mol. The molecule has 1 aromatic heterocycles. The number of pyridine rings is 1. The first kappa shape index (κ1) is 12.4. The van der Waals surface area contributed by atoms with E-state index in [2.05, 4.69) is 31.0 Å². The Kier molecular flexibility index (Phi) is 3.73. The Morgan fingerprint density at radius 2 is 2.35 bits per heavy atom. The molecule has 0 saturated heterocycles. The lowest BCUT2D eigenvalue weighted by molar-refractivity contribution is 0.0600. The van der Waals surface area contributed by atoms with Crippen molar-refractivity contribution in [2.75, 3.05) is 12.4 Å². The molecule has 1 aliphatic carbocycles. The van der Waals surface area contributed by atoms with Crippen LogP contribution in [0.3, 0.4) is 0 Å². The molecule has 1 fully saturated rings. The second kappa shape index (κ2) is 5.10. The normalized spacial score (nSPS) is 14.2. The lowest BCUT2D eigenvalue weighted by atomic mass is 10.3. The molecule has 6 heteroatoms. The number of carbonyl (C=O) groups excluding carboxylic acids is 1. The van der Waals surface area contributed by atoms with Gasteiger partial charge in [-0.3, -0.25) is 0 Å². The highest BCUT2D eigenvalue weighted by atomic mass is 79.9. The van der Waals surface area contributed by atoms with Gasteiger partial charge in [-0.1, -0.05) is 12.2 Å². The topological polar surface area (TPSA) is 51.2 Å². The van der Waals surface area contributed by atoms with E-state index < -0.39 is 5.97 Å². The van der Waals surface area contributed by atoms with Gasteiger partial charge in [0.2, 0.25) is 0 Å². The van der Waals surface area contributed by atoms with Crippen molar-refractivity contribution in [1.82, 2.24) is 4.98 Å². The predicted octanol–water partition coefficient (Wildman–Crippen LogP) is 2.78. The molecule has 0 bridgehead atoms. The van der Waals surface area contributed by atoms with Gasteiger partial charge in [-0.2, -0.15) is 0 Å². The molecule has 0 aliphatic heterocycles. The molecule has 4 nitrogen and oxygen atoms in total. The van der Waals surface area contributed by atoms with E-state index in [0.717, 1.165) is 17.8 Å². The number of aromatic nitrogens is 1. The van der Waals surface area contributed by atoms with Gasteiger partial charge in [0.1, 0.15) is 5.82 Å². The second-order valence-corrected chi connectivity index (χ2v) is 5.10. The van der Waals surface area contributed by atoms with Crippen LogP contribution in [0.4, 0.5) is 5.82 Å². The minimum atomic E-state index is -0.408. The third-order valence-corrected chi connectivity index (χ3v) is 3.49. The summed E-state index contributed by atoms with van der Waals surface area (Å²) in [7, 11) is 1.34. The minimum absolute atomic E-state index is 0.405. The van der Waals surface area contributed by atoms with Gasteiger partial charge in [-0.15, -0.1) is 0 Å². The molecule has 0 spiro atoms. The Hall–Kier alpha value is -1.01. The number of nitrogens with one attached hydrogen (secondary N) is 1. The van der Waals surface area contributed by atoms with E-state index in [4.69, 9.17) is 12.2 Å². The molecule has 0 unspecified atom stereocenters. The van der Waals surface area contributed by atoms with E-state index in [1.165, 1.54) is 13.3 Å². The molecule has 17 heavy (non-hydrogen) atoms. The van der Waals surface area contributed by atoms with Crippen molar-refractivity contribution >= 4 is 44.9 Å². The van der Waals surface area contributed by atoms with Crippen molar-refractivity contribution in [2.45, 2.75) is 12.8 Å². The number of ether oxygens (including phenoxy) is 1. The van der Waals surface area contributed by atoms with Gasteiger partial charge in [0, 0.05) is 12.1 Å². The number of methoxy groups -OCH3 is 1. The van der Waals surface area contributed by atoms with Crippen molar-refractivity contribution in [3.05, 3.63) is 22.3 Å². The van der Waals surface area contributed by atoms with Crippen molar-refractivity contribution in [1.29, 1.82) is 0 Å². The largest absolute Gasteiger partial charge is 0.465 e. The Bertz CT molecular complexity index is 475. The molecule has 1 aromatic rings.